The van der Waals surface area contributed by atoms with Gasteiger partial charge in [-0.2, -0.15) is 0 Å². The van der Waals surface area contributed by atoms with Gasteiger partial charge in [0.05, 0.1) is 34.1 Å². The second-order valence-electron chi connectivity index (χ2n) is 7.96. The molecule has 0 fully saturated rings. The van der Waals surface area contributed by atoms with Crippen molar-refractivity contribution in [1.82, 2.24) is 15.2 Å². The molecule has 10 heteroatoms. The Morgan fingerprint density at radius 1 is 0.737 bits per heavy atom. The number of benzene rings is 3. The molecule has 1 aromatic heterocycles. The van der Waals surface area contributed by atoms with Gasteiger partial charge in [-0.05, 0) is 60.7 Å². The SMILES string of the molecule is COc1ccc(-c2nnc(SCCC(=O)Nc3cc(OC)ccc3OC)nc2-c2ccc(OC)cc2)cc1. The molecule has 0 radical (unpaired) electrons. The molecule has 0 aliphatic carbocycles. The minimum absolute atomic E-state index is 0.165. The molecule has 0 saturated heterocycles. The van der Waals surface area contributed by atoms with Crippen LogP contribution in [0.1, 0.15) is 6.42 Å². The Labute approximate surface area is 225 Å². The van der Waals surface area contributed by atoms with E-state index in [4.69, 9.17) is 23.9 Å². The first-order valence-corrected chi connectivity index (χ1v) is 12.7. The van der Waals surface area contributed by atoms with Crippen LogP contribution in [-0.4, -0.2) is 55.3 Å². The van der Waals surface area contributed by atoms with Crippen molar-refractivity contribution in [2.45, 2.75) is 11.6 Å². The fourth-order valence-electron chi connectivity index (χ4n) is 3.63. The minimum Gasteiger partial charge on any atom is -0.497 e. The molecule has 0 unspecified atom stereocenters. The van der Waals surface area contributed by atoms with Gasteiger partial charge in [0.15, 0.2) is 0 Å². The summed E-state index contributed by atoms with van der Waals surface area (Å²) in [6, 6.07) is 20.4. The Hall–Kier alpha value is -4.31. The number of ether oxygens (including phenoxy) is 4. The molecule has 0 aliphatic rings. The summed E-state index contributed by atoms with van der Waals surface area (Å²) in [7, 11) is 6.36. The maximum Gasteiger partial charge on any atom is 0.225 e. The first kappa shape index (κ1) is 26.7. The van der Waals surface area contributed by atoms with Gasteiger partial charge in [-0.25, -0.2) is 4.98 Å². The van der Waals surface area contributed by atoms with Crippen LogP contribution >= 0.6 is 11.8 Å². The molecule has 0 saturated carbocycles. The van der Waals surface area contributed by atoms with Crippen molar-refractivity contribution in [3.8, 4) is 45.5 Å². The fraction of sp³-hybridized carbons (Fsp3) is 0.214. The van der Waals surface area contributed by atoms with E-state index >= 15 is 0 Å². The van der Waals surface area contributed by atoms with Crippen LogP contribution in [0.25, 0.3) is 22.5 Å². The molecular weight excluding hydrogens is 504 g/mol. The Morgan fingerprint density at radius 2 is 1.32 bits per heavy atom. The van der Waals surface area contributed by atoms with Gasteiger partial charge < -0.3 is 24.3 Å². The normalized spacial score (nSPS) is 10.5. The van der Waals surface area contributed by atoms with Crippen LogP contribution in [0.3, 0.4) is 0 Å². The largest absolute Gasteiger partial charge is 0.497 e. The number of carbonyl (C=O) groups excluding carboxylic acids is 1. The molecule has 196 valence electrons. The second kappa shape index (κ2) is 12.8. The zero-order valence-electron chi connectivity index (χ0n) is 21.6. The van der Waals surface area contributed by atoms with Crippen molar-refractivity contribution in [2.24, 2.45) is 0 Å². The van der Waals surface area contributed by atoms with Crippen molar-refractivity contribution in [2.75, 3.05) is 39.5 Å². The highest BCUT2D eigenvalue weighted by Crippen LogP contribution is 2.32. The van der Waals surface area contributed by atoms with E-state index in [1.54, 1.807) is 46.6 Å². The average molecular weight is 533 g/mol. The highest BCUT2D eigenvalue weighted by molar-refractivity contribution is 7.99. The number of hydrogen-bond acceptors (Lipinski definition) is 9. The van der Waals surface area contributed by atoms with E-state index in [9.17, 15) is 4.79 Å². The predicted molar refractivity (Wildman–Crippen MR) is 147 cm³/mol. The standard InChI is InChI=1S/C28H28N4O5S/c1-34-20-9-5-18(6-10-20)26-27(19-7-11-21(35-2)12-8-19)31-32-28(30-26)38-16-15-25(33)29-23-17-22(36-3)13-14-24(23)37-4/h5-14,17H,15-16H2,1-4H3,(H,29,33). The smallest absolute Gasteiger partial charge is 0.225 e. The number of amides is 1. The third-order valence-corrected chi connectivity index (χ3v) is 6.47. The first-order chi connectivity index (χ1) is 18.5. The lowest BCUT2D eigenvalue weighted by molar-refractivity contribution is -0.115. The van der Waals surface area contributed by atoms with Gasteiger partial charge in [0.2, 0.25) is 11.1 Å². The van der Waals surface area contributed by atoms with Crippen LogP contribution in [0, 0.1) is 0 Å². The molecule has 4 aromatic rings. The summed E-state index contributed by atoms with van der Waals surface area (Å²) >= 11 is 1.36. The van der Waals surface area contributed by atoms with E-state index in [0.29, 0.717) is 39.5 Å². The van der Waals surface area contributed by atoms with Crippen molar-refractivity contribution in [3.05, 3.63) is 66.7 Å². The summed E-state index contributed by atoms with van der Waals surface area (Å²) in [6.45, 7) is 0. The topological polar surface area (TPSA) is 105 Å². The van der Waals surface area contributed by atoms with Crippen molar-refractivity contribution >= 4 is 23.4 Å². The number of nitrogens with one attached hydrogen (secondary N) is 1. The van der Waals surface area contributed by atoms with Crippen molar-refractivity contribution in [3.63, 3.8) is 0 Å². The van der Waals surface area contributed by atoms with E-state index in [1.165, 1.54) is 11.8 Å². The van der Waals surface area contributed by atoms with Crippen LogP contribution in [-0.2, 0) is 4.79 Å². The van der Waals surface area contributed by atoms with Gasteiger partial charge >= 0.3 is 0 Å². The van der Waals surface area contributed by atoms with Gasteiger partial charge in [0.25, 0.3) is 0 Å². The second-order valence-corrected chi connectivity index (χ2v) is 9.02. The van der Waals surface area contributed by atoms with E-state index in [0.717, 1.165) is 22.6 Å². The van der Waals surface area contributed by atoms with Crippen molar-refractivity contribution < 1.29 is 23.7 Å². The van der Waals surface area contributed by atoms with Crippen molar-refractivity contribution in [1.29, 1.82) is 0 Å². The number of rotatable bonds is 11. The number of hydrogen-bond donors (Lipinski definition) is 1. The molecule has 3 aromatic carbocycles. The molecule has 1 N–H and O–H groups in total. The lowest BCUT2D eigenvalue weighted by atomic mass is 10.0. The van der Waals surface area contributed by atoms with Crippen LogP contribution in [0.4, 0.5) is 5.69 Å². The van der Waals surface area contributed by atoms with Gasteiger partial charge in [0, 0.05) is 29.4 Å². The number of aromatic nitrogens is 3. The number of anilines is 1. The lowest BCUT2D eigenvalue weighted by Gasteiger charge is -2.12. The molecule has 9 nitrogen and oxygen atoms in total. The molecule has 0 aliphatic heterocycles. The molecule has 1 amide bonds. The van der Waals surface area contributed by atoms with Gasteiger partial charge in [-0.1, -0.05) is 11.8 Å². The summed E-state index contributed by atoms with van der Waals surface area (Å²) in [5.41, 5.74) is 3.60. The maximum atomic E-state index is 12.6. The Morgan fingerprint density at radius 3 is 1.89 bits per heavy atom. The van der Waals surface area contributed by atoms with Gasteiger partial charge in [-0.3, -0.25) is 4.79 Å². The third kappa shape index (κ3) is 6.51. The molecule has 38 heavy (non-hydrogen) atoms. The molecule has 1 heterocycles. The summed E-state index contributed by atoms with van der Waals surface area (Å²) in [6.07, 6.45) is 0.243. The molecular formula is C28H28N4O5S. The van der Waals surface area contributed by atoms with E-state index in [1.807, 2.05) is 48.5 Å². The zero-order valence-corrected chi connectivity index (χ0v) is 22.4. The monoisotopic (exact) mass is 532 g/mol. The van der Waals surface area contributed by atoms with E-state index in [-0.39, 0.29) is 12.3 Å². The van der Waals surface area contributed by atoms with Crippen LogP contribution < -0.4 is 24.3 Å². The number of methoxy groups -OCH3 is 4. The highest BCUT2D eigenvalue weighted by Gasteiger charge is 2.15. The zero-order chi connectivity index (χ0) is 26.9. The molecule has 4 rings (SSSR count). The average Bonchev–Trinajstić information content (AvgIpc) is 2.97. The molecule has 0 spiro atoms. The third-order valence-electron chi connectivity index (χ3n) is 5.64. The molecule has 0 atom stereocenters. The van der Waals surface area contributed by atoms with E-state index in [2.05, 4.69) is 15.5 Å². The van der Waals surface area contributed by atoms with Gasteiger partial charge in [0.1, 0.15) is 34.4 Å². The van der Waals surface area contributed by atoms with Crippen LogP contribution in [0.15, 0.2) is 71.9 Å². The predicted octanol–water partition coefficient (Wildman–Crippen LogP) is 5.36. The summed E-state index contributed by atoms with van der Waals surface area (Å²) in [5, 5.41) is 12.2. The fourth-order valence-corrected chi connectivity index (χ4v) is 4.35. The van der Waals surface area contributed by atoms with Gasteiger partial charge in [-0.15, -0.1) is 10.2 Å². The quantitative estimate of drug-likeness (QED) is 0.256. The Kier molecular flexibility index (Phi) is 8.99. The Balaban J connectivity index is 1.50. The first-order valence-electron chi connectivity index (χ1n) is 11.7. The van der Waals surface area contributed by atoms with E-state index < -0.39 is 0 Å². The number of carbonyl (C=O) groups is 1. The number of thioether (sulfide) groups is 1. The number of nitrogens with zero attached hydrogens (tertiary/aromatic N) is 3. The summed E-state index contributed by atoms with van der Waals surface area (Å²) in [5.74, 6) is 2.97. The minimum atomic E-state index is -0.165. The summed E-state index contributed by atoms with van der Waals surface area (Å²) < 4.78 is 21.1. The van der Waals surface area contributed by atoms with Crippen LogP contribution in [0.5, 0.6) is 23.0 Å². The lowest BCUT2D eigenvalue weighted by Crippen LogP contribution is -2.13. The Bertz CT molecular complexity index is 1380. The maximum absolute atomic E-state index is 12.6. The highest BCUT2D eigenvalue weighted by atomic mass is 32.2. The summed E-state index contributed by atoms with van der Waals surface area (Å²) in [4.78, 5) is 17.4. The molecule has 0 bridgehead atoms. The van der Waals surface area contributed by atoms with Crippen LogP contribution in [0.2, 0.25) is 0 Å².